The molecule has 100 valence electrons. The van der Waals surface area contributed by atoms with Gasteiger partial charge in [-0.1, -0.05) is 35.8 Å². The van der Waals surface area contributed by atoms with E-state index >= 15 is 0 Å². The van der Waals surface area contributed by atoms with Crippen molar-refractivity contribution in [2.45, 2.75) is 39.7 Å². The van der Waals surface area contributed by atoms with E-state index in [1.54, 1.807) is 0 Å². The Morgan fingerprint density at radius 2 is 2.00 bits per heavy atom. The molecular weight excluding hydrogens is 292 g/mol. The highest BCUT2D eigenvalue weighted by Crippen LogP contribution is 2.20. The number of aryl methyl sites for hydroxylation is 1. The second kappa shape index (κ2) is 7.41. The van der Waals surface area contributed by atoms with Crippen LogP contribution in [0.5, 0.6) is 0 Å². The first-order valence-electron chi connectivity index (χ1n) is 6.36. The molecule has 0 radical (unpaired) electrons. The molecule has 0 aliphatic carbocycles. The first kappa shape index (κ1) is 15.0. The Balaban J connectivity index is 2.49. The number of benzene rings is 1. The Kier molecular flexibility index (Phi) is 6.19. The van der Waals surface area contributed by atoms with Gasteiger partial charge in [0.2, 0.25) is 5.91 Å². The van der Waals surface area contributed by atoms with Gasteiger partial charge in [-0.2, -0.15) is 0 Å². The van der Waals surface area contributed by atoms with Gasteiger partial charge in [-0.15, -0.1) is 0 Å². The number of carbonyl (C=O) groups is 1. The van der Waals surface area contributed by atoms with Crippen LogP contribution in [0, 0.1) is 6.92 Å². The van der Waals surface area contributed by atoms with Crippen LogP contribution in [0.3, 0.4) is 0 Å². The van der Waals surface area contributed by atoms with Crippen molar-refractivity contribution in [3.05, 3.63) is 28.2 Å². The van der Waals surface area contributed by atoms with Crippen molar-refractivity contribution in [1.82, 2.24) is 5.32 Å². The Hall–Kier alpha value is -1.03. The van der Waals surface area contributed by atoms with Crippen LogP contribution in [0.25, 0.3) is 0 Å². The average molecular weight is 313 g/mol. The van der Waals surface area contributed by atoms with Crippen molar-refractivity contribution in [2.75, 3.05) is 11.9 Å². The molecule has 0 saturated heterocycles. The van der Waals surface area contributed by atoms with Gasteiger partial charge in [0.25, 0.3) is 0 Å². The summed E-state index contributed by atoms with van der Waals surface area (Å²) in [6, 6.07) is 6.28. The SMILES string of the molecule is CCC(CC)NC(=O)CNc1cc(Br)ccc1C. The molecule has 0 aromatic heterocycles. The minimum Gasteiger partial charge on any atom is -0.376 e. The standard InChI is InChI=1S/C14H21BrN2O/c1-4-12(5-2)17-14(18)9-16-13-8-11(15)7-6-10(13)3/h6-8,12,16H,4-5,9H2,1-3H3,(H,17,18). The second-order valence-corrected chi connectivity index (χ2v) is 5.31. The lowest BCUT2D eigenvalue weighted by atomic mass is 10.2. The molecular formula is C14H21BrN2O. The summed E-state index contributed by atoms with van der Waals surface area (Å²) in [5.74, 6) is 0.0445. The number of hydrogen-bond acceptors (Lipinski definition) is 2. The largest absolute Gasteiger partial charge is 0.376 e. The normalized spacial score (nSPS) is 10.5. The predicted molar refractivity (Wildman–Crippen MR) is 79.9 cm³/mol. The molecule has 1 rings (SSSR count). The third-order valence-electron chi connectivity index (χ3n) is 2.99. The van der Waals surface area contributed by atoms with E-state index < -0.39 is 0 Å². The highest BCUT2D eigenvalue weighted by molar-refractivity contribution is 9.10. The molecule has 1 aromatic rings. The van der Waals surface area contributed by atoms with E-state index in [9.17, 15) is 4.79 Å². The van der Waals surface area contributed by atoms with Crippen LogP contribution in [0.15, 0.2) is 22.7 Å². The van der Waals surface area contributed by atoms with Crippen LogP contribution in [0.1, 0.15) is 32.3 Å². The molecule has 0 fully saturated rings. The van der Waals surface area contributed by atoms with Gasteiger partial charge in [-0.05, 0) is 37.5 Å². The Labute approximate surface area is 117 Å². The summed E-state index contributed by atoms with van der Waals surface area (Å²) in [6.45, 7) is 6.50. The lowest BCUT2D eigenvalue weighted by Crippen LogP contribution is -2.37. The van der Waals surface area contributed by atoms with E-state index in [0.29, 0.717) is 6.54 Å². The fourth-order valence-electron chi connectivity index (χ4n) is 1.73. The molecule has 0 aliphatic rings. The van der Waals surface area contributed by atoms with E-state index in [4.69, 9.17) is 0 Å². The Morgan fingerprint density at radius 3 is 2.61 bits per heavy atom. The quantitative estimate of drug-likeness (QED) is 0.844. The smallest absolute Gasteiger partial charge is 0.239 e. The molecule has 0 spiro atoms. The summed E-state index contributed by atoms with van der Waals surface area (Å²) in [4.78, 5) is 11.8. The zero-order chi connectivity index (χ0) is 13.5. The van der Waals surface area contributed by atoms with Crippen LogP contribution in [0.4, 0.5) is 5.69 Å². The number of rotatable bonds is 6. The minimum atomic E-state index is 0.0445. The molecule has 18 heavy (non-hydrogen) atoms. The van der Waals surface area contributed by atoms with Crippen molar-refractivity contribution < 1.29 is 4.79 Å². The minimum absolute atomic E-state index is 0.0445. The van der Waals surface area contributed by atoms with Gasteiger partial charge < -0.3 is 10.6 Å². The van der Waals surface area contributed by atoms with E-state index in [1.807, 2.05) is 25.1 Å². The van der Waals surface area contributed by atoms with Crippen molar-refractivity contribution in [2.24, 2.45) is 0 Å². The van der Waals surface area contributed by atoms with Gasteiger partial charge >= 0.3 is 0 Å². The molecule has 1 aromatic carbocycles. The van der Waals surface area contributed by atoms with Crippen molar-refractivity contribution in [3.8, 4) is 0 Å². The molecule has 0 atom stereocenters. The molecule has 1 amide bonds. The predicted octanol–water partition coefficient (Wildman–Crippen LogP) is 3.47. The van der Waals surface area contributed by atoms with E-state index in [1.165, 1.54) is 0 Å². The molecule has 4 heteroatoms. The van der Waals surface area contributed by atoms with Crippen LogP contribution in [-0.4, -0.2) is 18.5 Å². The van der Waals surface area contributed by atoms with Gasteiger partial charge in [0.1, 0.15) is 0 Å². The molecule has 0 saturated carbocycles. The van der Waals surface area contributed by atoms with Crippen LogP contribution < -0.4 is 10.6 Å². The Morgan fingerprint density at radius 1 is 1.33 bits per heavy atom. The number of nitrogens with one attached hydrogen (secondary N) is 2. The first-order chi connectivity index (χ1) is 8.56. The number of amides is 1. The summed E-state index contributed by atoms with van der Waals surface area (Å²) in [7, 11) is 0. The fourth-order valence-corrected chi connectivity index (χ4v) is 2.09. The third kappa shape index (κ3) is 4.69. The van der Waals surface area contributed by atoms with Gasteiger partial charge in [0, 0.05) is 16.2 Å². The number of anilines is 1. The van der Waals surface area contributed by atoms with E-state index in [0.717, 1.165) is 28.6 Å². The summed E-state index contributed by atoms with van der Waals surface area (Å²) in [5.41, 5.74) is 2.12. The summed E-state index contributed by atoms with van der Waals surface area (Å²) < 4.78 is 1.01. The molecule has 0 aliphatic heterocycles. The fraction of sp³-hybridized carbons (Fsp3) is 0.500. The number of carbonyl (C=O) groups excluding carboxylic acids is 1. The summed E-state index contributed by atoms with van der Waals surface area (Å²) in [6.07, 6.45) is 1.94. The highest BCUT2D eigenvalue weighted by Gasteiger charge is 2.08. The second-order valence-electron chi connectivity index (χ2n) is 4.39. The highest BCUT2D eigenvalue weighted by atomic mass is 79.9. The average Bonchev–Trinajstić information content (AvgIpc) is 2.37. The topological polar surface area (TPSA) is 41.1 Å². The van der Waals surface area contributed by atoms with Gasteiger partial charge in [0.15, 0.2) is 0 Å². The Bertz CT molecular complexity index is 403. The maximum atomic E-state index is 11.8. The maximum absolute atomic E-state index is 11.8. The van der Waals surface area contributed by atoms with Crippen molar-refractivity contribution >= 4 is 27.5 Å². The summed E-state index contributed by atoms with van der Waals surface area (Å²) >= 11 is 3.43. The zero-order valence-corrected chi connectivity index (χ0v) is 12.8. The van der Waals surface area contributed by atoms with Crippen LogP contribution in [0.2, 0.25) is 0 Å². The third-order valence-corrected chi connectivity index (χ3v) is 3.48. The molecule has 0 bridgehead atoms. The zero-order valence-electron chi connectivity index (χ0n) is 11.2. The molecule has 3 nitrogen and oxygen atoms in total. The van der Waals surface area contributed by atoms with E-state index in [-0.39, 0.29) is 11.9 Å². The number of halogens is 1. The van der Waals surface area contributed by atoms with Crippen molar-refractivity contribution in [3.63, 3.8) is 0 Å². The van der Waals surface area contributed by atoms with Gasteiger partial charge in [-0.3, -0.25) is 4.79 Å². The van der Waals surface area contributed by atoms with Gasteiger partial charge in [0.05, 0.1) is 6.54 Å². The molecule has 0 heterocycles. The van der Waals surface area contributed by atoms with E-state index in [2.05, 4.69) is 40.4 Å². The molecule has 2 N–H and O–H groups in total. The summed E-state index contributed by atoms with van der Waals surface area (Å²) in [5, 5.41) is 6.17. The van der Waals surface area contributed by atoms with Crippen LogP contribution in [-0.2, 0) is 4.79 Å². The van der Waals surface area contributed by atoms with Crippen molar-refractivity contribution in [1.29, 1.82) is 0 Å². The molecule has 0 unspecified atom stereocenters. The number of hydrogen-bond donors (Lipinski definition) is 2. The monoisotopic (exact) mass is 312 g/mol. The first-order valence-corrected chi connectivity index (χ1v) is 7.15. The maximum Gasteiger partial charge on any atom is 0.239 e. The lowest BCUT2D eigenvalue weighted by molar-refractivity contribution is -0.120. The lowest BCUT2D eigenvalue weighted by Gasteiger charge is -2.16. The van der Waals surface area contributed by atoms with Gasteiger partial charge in [-0.25, -0.2) is 0 Å². The van der Waals surface area contributed by atoms with Crippen LogP contribution >= 0.6 is 15.9 Å².